The summed E-state index contributed by atoms with van der Waals surface area (Å²) < 4.78 is 16.4. The van der Waals surface area contributed by atoms with Crippen LogP contribution >= 0.6 is 0 Å². The molecule has 0 unspecified atom stereocenters. The van der Waals surface area contributed by atoms with Gasteiger partial charge in [-0.2, -0.15) is 0 Å². The van der Waals surface area contributed by atoms with Crippen molar-refractivity contribution in [1.82, 2.24) is 5.32 Å². The van der Waals surface area contributed by atoms with E-state index in [-0.39, 0.29) is 0 Å². The second kappa shape index (κ2) is 8.46. The molecule has 1 aliphatic rings. The first-order chi connectivity index (χ1) is 9.53. The third-order valence-electron chi connectivity index (χ3n) is 4.43. The van der Waals surface area contributed by atoms with Gasteiger partial charge in [-0.3, -0.25) is 5.32 Å². The molecule has 0 aromatic carbocycles. The summed E-state index contributed by atoms with van der Waals surface area (Å²) in [4.78, 5) is 0. The summed E-state index contributed by atoms with van der Waals surface area (Å²) in [7, 11) is 2.54. The van der Waals surface area contributed by atoms with Gasteiger partial charge in [0.1, 0.15) is 5.72 Å². The molecule has 1 saturated carbocycles. The lowest BCUT2D eigenvalue weighted by Gasteiger charge is -2.37. The summed E-state index contributed by atoms with van der Waals surface area (Å²) in [6.45, 7) is 3.00. The average Bonchev–Trinajstić information content (AvgIpc) is 2.49. The number of rotatable bonds is 9. The fraction of sp³-hybridized carbons (Fsp3) is 1.00. The third kappa shape index (κ3) is 5.09. The van der Waals surface area contributed by atoms with Gasteiger partial charge in [0.25, 0.3) is 0 Å². The molecule has 0 radical (unpaired) electrons. The minimum Gasteiger partial charge on any atom is -0.377 e. The maximum atomic E-state index is 10.4. The van der Waals surface area contributed by atoms with Gasteiger partial charge in [-0.1, -0.05) is 6.92 Å². The van der Waals surface area contributed by atoms with Crippen LogP contribution in [0.15, 0.2) is 0 Å². The summed E-state index contributed by atoms with van der Waals surface area (Å²) in [6.07, 6.45) is 5.86. The Morgan fingerprint density at radius 2 is 1.70 bits per heavy atom. The van der Waals surface area contributed by atoms with Crippen molar-refractivity contribution in [3.8, 4) is 0 Å². The Morgan fingerprint density at radius 1 is 1.15 bits per heavy atom. The van der Waals surface area contributed by atoms with Crippen LogP contribution < -0.4 is 5.32 Å². The second-order valence-electron chi connectivity index (χ2n) is 5.74. The molecule has 0 bridgehead atoms. The van der Waals surface area contributed by atoms with Gasteiger partial charge in [-0.05, 0) is 51.0 Å². The molecule has 5 nitrogen and oxygen atoms in total. The number of hydrogen-bond acceptors (Lipinski definition) is 5. The van der Waals surface area contributed by atoms with E-state index in [2.05, 4.69) is 12.2 Å². The monoisotopic (exact) mass is 305 g/mol. The van der Waals surface area contributed by atoms with Crippen molar-refractivity contribution in [3.05, 3.63) is 0 Å². The molecular formula is C14H31NO4Si. The van der Waals surface area contributed by atoms with Gasteiger partial charge in [0, 0.05) is 27.4 Å². The lowest BCUT2D eigenvalue weighted by Crippen LogP contribution is -2.48. The highest BCUT2D eigenvalue weighted by Gasteiger charge is 2.39. The number of hydrogen-bond donors (Lipinski definition) is 2. The van der Waals surface area contributed by atoms with Crippen molar-refractivity contribution in [3.63, 3.8) is 0 Å². The fourth-order valence-corrected chi connectivity index (χ4v) is 4.79. The minimum absolute atomic E-state index is 0.631. The molecule has 1 aliphatic carbocycles. The molecule has 1 rings (SSSR count). The highest BCUT2D eigenvalue weighted by atomic mass is 28.4. The quantitative estimate of drug-likeness (QED) is 0.505. The molecule has 120 valence electrons. The zero-order valence-corrected chi connectivity index (χ0v) is 14.4. The molecule has 0 aromatic heterocycles. The zero-order valence-electron chi connectivity index (χ0n) is 13.4. The third-order valence-corrected chi connectivity index (χ3v) is 7.20. The van der Waals surface area contributed by atoms with Crippen LogP contribution in [0.1, 0.15) is 45.4 Å². The Bertz CT molecular complexity index is 258. The van der Waals surface area contributed by atoms with Gasteiger partial charge in [0.2, 0.25) is 0 Å². The summed E-state index contributed by atoms with van der Waals surface area (Å²) in [5.41, 5.74) is -0.648. The molecule has 6 heteroatoms. The summed E-state index contributed by atoms with van der Waals surface area (Å²) in [5.74, 6) is 0.631. The van der Waals surface area contributed by atoms with Crippen LogP contribution in [-0.2, 0) is 13.3 Å². The van der Waals surface area contributed by atoms with Crippen LogP contribution in [0.2, 0.25) is 6.04 Å². The largest absolute Gasteiger partial charge is 0.500 e. The topological polar surface area (TPSA) is 60.0 Å². The van der Waals surface area contributed by atoms with Crippen molar-refractivity contribution >= 4 is 8.80 Å². The van der Waals surface area contributed by atoms with Crippen molar-refractivity contribution < 1.29 is 18.4 Å². The predicted octanol–water partition coefficient (Wildman–Crippen LogP) is 2.13. The maximum Gasteiger partial charge on any atom is 0.500 e. The molecule has 0 amide bonds. The van der Waals surface area contributed by atoms with Crippen LogP contribution in [0.25, 0.3) is 0 Å². The molecule has 0 atom stereocenters. The zero-order chi connectivity index (χ0) is 15.1. The Labute approximate surface area is 124 Å². The molecule has 0 aliphatic heterocycles. The van der Waals surface area contributed by atoms with Gasteiger partial charge in [0.15, 0.2) is 0 Å². The van der Waals surface area contributed by atoms with Gasteiger partial charge in [0.05, 0.1) is 0 Å². The summed E-state index contributed by atoms with van der Waals surface area (Å²) in [6, 6.07) is 0.849. The molecule has 0 heterocycles. The smallest absolute Gasteiger partial charge is 0.377 e. The fourth-order valence-electron chi connectivity index (χ4n) is 2.92. The van der Waals surface area contributed by atoms with E-state index in [1.165, 1.54) is 0 Å². The van der Waals surface area contributed by atoms with Crippen molar-refractivity contribution in [2.45, 2.75) is 57.2 Å². The van der Waals surface area contributed by atoms with Gasteiger partial charge >= 0.3 is 8.80 Å². The predicted molar refractivity (Wildman–Crippen MR) is 81.4 cm³/mol. The van der Waals surface area contributed by atoms with Crippen LogP contribution in [0, 0.1) is 5.92 Å². The number of nitrogens with one attached hydrogen (secondary N) is 1. The molecule has 0 aromatic rings. The molecule has 0 spiro atoms. The highest BCUT2D eigenvalue weighted by Crippen LogP contribution is 2.34. The second-order valence-corrected chi connectivity index (χ2v) is 8.83. The molecule has 1 fully saturated rings. The Balaban J connectivity index is 2.35. The minimum atomic E-state index is -2.44. The maximum absolute atomic E-state index is 10.4. The standard InChI is InChI=1S/C14H31NO4Si/c1-5-11-15-14(16)9-6-13(7-10-14)8-12-20(17-2,18-3)19-4/h13,15-16H,5-12H2,1-4H3. The summed E-state index contributed by atoms with van der Waals surface area (Å²) >= 11 is 0. The highest BCUT2D eigenvalue weighted by molar-refractivity contribution is 6.60. The van der Waals surface area contributed by atoms with Crippen LogP contribution in [-0.4, -0.2) is 47.5 Å². The Morgan fingerprint density at radius 3 is 2.15 bits per heavy atom. The Kier molecular flexibility index (Phi) is 7.64. The summed E-state index contributed by atoms with van der Waals surface area (Å²) in [5, 5.41) is 13.7. The molecule has 0 saturated heterocycles. The first kappa shape index (κ1) is 18.1. The van der Waals surface area contributed by atoms with E-state index in [4.69, 9.17) is 13.3 Å². The molecular weight excluding hydrogens is 274 g/mol. The number of aliphatic hydroxyl groups is 1. The molecule has 2 N–H and O–H groups in total. The van der Waals surface area contributed by atoms with E-state index in [0.717, 1.165) is 51.1 Å². The van der Waals surface area contributed by atoms with Crippen molar-refractivity contribution in [2.24, 2.45) is 5.92 Å². The van der Waals surface area contributed by atoms with E-state index >= 15 is 0 Å². The van der Waals surface area contributed by atoms with E-state index in [0.29, 0.717) is 5.92 Å². The van der Waals surface area contributed by atoms with E-state index < -0.39 is 14.5 Å². The van der Waals surface area contributed by atoms with Crippen LogP contribution in [0.3, 0.4) is 0 Å². The van der Waals surface area contributed by atoms with Crippen LogP contribution in [0.4, 0.5) is 0 Å². The molecule has 20 heavy (non-hydrogen) atoms. The van der Waals surface area contributed by atoms with Gasteiger partial charge < -0.3 is 18.4 Å². The first-order valence-electron chi connectivity index (χ1n) is 7.66. The van der Waals surface area contributed by atoms with Gasteiger partial charge in [-0.25, -0.2) is 0 Å². The van der Waals surface area contributed by atoms with Gasteiger partial charge in [-0.15, -0.1) is 0 Å². The SMILES string of the molecule is CCCNC1(O)CCC(CC[Si](OC)(OC)OC)CC1. The van der Waals surface area contributed by atoms with E-state index in [1.807, 2.05) is 0 Å². The average molecular weight is 305 g/mol. The lowest BCUT2D eigenvalue weighted by atomic mass is 9.82. The van der Waals surface area contributed by atoms with Crippen molar-refractivity contribution in [2.75, 3.05) is 27.9 Å². The van der Waals surface area contributed by atoms with E-state index in [9.17, 15) is 5.11 Å². The normalized spacial score (nSPS) is 27.8. The lowest BCUT2D eigenvalue weighted by molar-refractivity contribution is -0.0396. The van der Waals surface area contributed by atoms with Crippen LogP contribution in [0.5, 0.6) is 0 Å². The van der Waals surface area contributed by atoms with Crippen molar-refractivity contribution in [1.29, 1.82) is 0 Å². The Hall–Kier alpha value is 0.0169. The first-order valence-corrected chi connectivity index (χ1v) is 9.59. The van der Waals surface area contributed by atoms with E-state index in [1.54, 1.807) is 21.3 Å².